The molecule has 3 aromatic heterocycles. The molecular formula is C27H26N6O. The normalized spacial score (nSPS) is 14.5. The lowest BCUT2D eigenvalue weighted by Gasteiger charge is -2.22. The fraction of sp³-hybridized carbons (Fsp3) is 0.259. The highest BCUT2D eigenvalue weighted by Gasteiger charge is 2.19. The number of benzene rings is 2. The van der Waals surface area contributed by atoms with Gasteiger partial charge < -0.3 is 10.1 Å². The molecule has 170 valence electrons. The standard InChI is InChI=1S/C27H26N6O/c1-34-20-12-14-24-23(17-20)31-26(22-13-11-18-7-5-6-10-21(18)30-22)33(24)25-15-16-28-27(32-25)29-19-8-3-2-4-9-19/h5-7,10-17,19H,2-4,8-9H2,1H3,(H,28,29,32). The molecule has 1 saturated carbocycles. The first kappa shape index (κ1) is 20.6. The van der Waals surface area contributed by atoms with E-state index in [-0.39, 0.29) is 0 Å². The predicted molar refractivity (Wildman–Crippen MR) is 134 cm³/mol. The minimum absolute atomic E-state index is 0.425. The molecule has 1 aliphatic rings. The van der Waals surface area contributed by atoms with E-state index in [1.807, 2.05) is 48.5 Å². The highest BCUT2D eigenvalue weighted by molar-refractivity contribution is 5.86. The summed E-state index contributed by atoms with van der Waals surface area (Å²) in [5.41, 5.74) is 3.48. The summed E-state index contributed by atoms with van der Waals surface area (Å²) in [5.74, 6) is 2.90. The molecule has 2 aromatic carbocycles. The second kappa shape index (κ2) is 8.74. The van der Waals surface area contributed by atoms with Crippen molar-refractivity contribution in [1.29, 1.82) is 0 Å². The third kappa shape index (κ3) is 3.83. The maximum Gasteiger partial charge on any atom is 0.224 e. The molecule has 7 heteroatoms. The number of fused-ring (bicyclic) bond motifs is 2. The van der Waals surface area contributed by atoms with Gasteiger partial charge in [-0.05, 0) is 43.2 Å². The molecule has 0 spiro atoms. The summed E-state index contributed by atoms with van der Waals surface area (Å²) in [6.07, 6.45) is 7.94. The first-order valence-corrected chi connectivity index (χ1v) is 11.8. The number of aromatic nitrogens is 5. The number of para-hydroxylation sites is 1. The van der Waals surface area contributed by atoms with Gasteiger partial charge in [-0.25, -0.2) is 15.0 Å². The van der Waals surface area contributed by atoms with Gasteiger partial charge in [0, 0.05) is 23.7 Å². The summed E-state index contributed by atoms with van der Waals surface area (Å²) < 4.78 is 7.50. The number of pyridine rings is 1. The van der Waals surface area contributed by atoms with Crippen LogP contribution in [-0.2, 0) is 0 Å². The Kier molecular flexibility index (Phi) is 5.30. The van der Waals surface area contributed by atoms with Gasteiger partial charge in [-0.3, -0.25) is 4.57 Å². The quantitative estimate of drug-likeness (QED) is 0.365. The first-order valence-electron chi connectivity index (χ1n) is 11.8. The third-order valence-corrected chi connectivity index (χ3v) is 6.50. The van der Waals surface area contributed by atoms with E-state index in [2.05, 4.69) is 27.0 Å². The molecular weight excluding hydrogens is 424 g/mol. The van der Waals surface area contributed by atoms with Crippen molar-refractivity contribution in [2.24, 2.45) is 0 Å². The van der Waals surface area contributed by atoms with Gasteiger partial charge in [0.1, 0.15) is 17.3 Å². The molecule has 7 nitrogen and oxygen atoms in total. The van der Waals surface area contributed by atoms with Gasteiger partial charge >= 0.3 is 0 Å². The van der Waals surface area contributed by atoms with Gasteiger partial charge in [0.2, 0.25) is 5.95 Å². The van der Waals surface area contributed by atoms with Crippen LogP contribution in [0.1, 0.15) is 32.1 Å². The van der Waals surface area contributed by atoms with Gasteiger partial charge in [-0.1, -0.05) is 43.5 Å². The number of hydrogen-bond acceptors (Lipinski definition) is 6. The van der Waals surface area contributed by atoms with Crippen LogP contribution in [0, 0.1) is 0 Å². The Balaban J connectivity index is 1.49. The maximum atomic E-state index is 5.44. The molecule has 0 bridgehead atoms. The van der Waals surface area contributed by atoms with E-state index in [0.717, 1.165) is 57.9 Å². The van der Waals surface area contributed by atoms with Crippen molar-refractivity contribution in [3.63, 3.8) is 0 Å². The molecule has 0 atom stereocenters. The Bertz CT molecular complexity index is 1470. The SMILES string of the molecule is COc1ccc2c(c1)nc(-c1ccc3ccccc3n1)n2-c1ccnc(NC2CCCCC2)n1. The molecule has 0 saturated heterocycles. The Morgan fingerprint density at radius 2 is 1.76 bits per heavy atom. The molecule has 0 amide bonds. The number of anilines is 1. The van der Waals surface area contributed by atoms with Gasteiger partial charge in [0.15, 0.2) is 5.82 Å². The van der Waals surface area contributed by atoms with Crippen LogP contribution in [0.3, 0.4) is 0 Å². The third-order valence-electron chi connectivity index (χ3n) is 6.50. The minimum atomic E-state index is 0.425. The van der Waals surface area contributed by atoms with E-state index in [4.69, 9.17) is 19.7 Å². The highest BCUT2D eigenvalue weighted by atomic mass is 16.5. The molecule has 3 heterocycles. The van der Waals surface area contributed by atoms with E-state index in [0.29, 0.717) is 12.0 Å². The van der Waals surface area contributed by atoms with Gasteiger partial charge in [0.25, 0.3) is 0 Å². The average Bonchev–Trinajstić information content (AvgIpc) is 3.28. The van der Waals surface area contributed by atoms with Crippen molar-refractivity contribution in [3.8, 4) is 23.1 Å². The number of ether oxygens (including phenoxy) is 1. The molecule has 34 heavy (non-hydrogen) atoms. The summed E-state index contributed by atoms with van der Waals surface area (Å²) in [4.78, 5) is 19.3. The van der Waals surface area contributed by atoms with Gasteiger partial charge in [-0.2, -0.15) is 4.98 Å². The predicted octanol–water partition coefficient (Wildman–Crippen LogP) is 5.78. The van der Waals surface area contributed by atoms with Crippen molar-refractivity contribution < 1.29 is 4.74 Å². The molecule has 0 radical (unpaired) electrons. The van der Waals surface area contributed by atoms with Crippen molar-refractivity contribution in [2.75, 3.05) is 12.4 Å². The fourth-order valence-corrected chi connectivity index (χ4v) is 4.75. The van der Waals surface area contributed by atoms with Crippen LogP contribution in [-0.4, -0.2) is 37.7 Å². The lowest BCUT2D eigenvalue weighted by atomic mass is 9.96. The van der Waals surface area contributed by atoms with Crippen LogP contribution in [0.25, 0.3) is 39.3 Å². The van der Waals surface area contributed by atoms with E-state index < -0.39 is 0 Å². The summed E-state index contributed by atoms with van der Waals surface area (Å²) >= 11 is 0. The van der Waals surface area contributed by atoms with E-state index >= 15 is 0 Å². The zero-order chi connectivity index (χ0) is 22.9. The lowest BCUT2D eigenvalue weighted by molar-refractivity contribution is 0.415. The summed E-state index contributed by atoms with van der Waals surface area (Å²) in [6, 6.07) is 20.4. The Hall–Kier alpha value is -4.00. The highest BCUT2D eigenvalue weighted by Crippen LogP contribution is 2.30. The zero-order valence-corrected chi connectivity index (χ0v) is 19.1. The largest absolute Gasteiger partial charge is 0.497 e. The molecule has 1 fully saturated rings. The number of imidazole rings is 1. The number of nitrogens with zero attached hydrogens (tertiary/aromatic N) is 5. The van der Waals surface area contributed by atoms with Crippen LogP contribution >= 0.6 is 0 Å². The van der Waals surface area contributed by atoms with Gasteiger partial charge in [-0.15, -0.1) is 0 Å². The van der Waals surface area contributed by atoms with E-state index in [1.54, 1.807) is 13.3 Å². The topological polar surface area (TPSA) is 77.8 Å². The molecule has 1 aliphatic carbocycles. The second-order valence-corrected chi connectivity index (χ2v) is 8.73. The van der Waals surface area contributed by atoms with Crippen molar-refractivity contribution in [1.82, 2.24) is 24.5 Å². The van der Waals surface area contributed by atoms with Gasteiger partial charge in [0.05, 0.1) is 23.7 Å². The van der Waals surface area contributed by atoms with Crippen molar-refractivity contribution in [3.05, 3.63) is 66.9 Å². The first-order chi connectivity index (χ1) is 16.8. The number of nitrogens with one attached hydrogen (secondary N) is 1. The fourth-order valence-electron chi connectivity index (χ4n) is 4.75. The molecule has 1 N–H and O–H groups in total. The smallest absolute Gasteiger partial charge is 0.224 e. The maximum absolute atomic E-state index is 5.44. The molecule has 0 unspecified atom stereocenters. The molecule has 5 aromatic rings. The van der Waals surface area contributed by atoms with E-state index in [9.17, 15) is 0 Å². The average molecular weight is 451 g/mol. The van der Waals surface area contributed by atoms with Crippen LogP contribution in [0.4, 0.5) is 5.95 Å². The lowest BCUT2D eigenvalue weighted by Crippen LogP contribution is -2.23. The Morgan fingerprint density at radius 3 is 2.65 bits per heavy atom. The van der Waals surface area contributed by atoms with Crippen LogP contribution < -0.4 is 10.1 Å². The van der Waals surface area contributed by atoms with Crippen LogP contribution in [0.5, 0.6) is 5.75 Å². The molecule has 0 aliphatic heterocycles. The second-order valence-electron chi connectivity index (χ2n) is 8.73. The van der Waals surface area contributed by atoms with Crippen LogP contribution in [0.2, 0.25) is 0 Å². The van der Waals surface area contributed by atoms with Crippen molar-refractivity contribution >= 4 is 27.9 Å². The summed E-state index contributed by atoms with van der Waals surface area (Å²) in [5, 5.41) is 4.64. The number of methoxy groups -OCH3 is 1. The Morgan fingerprint density at radius 1 is 0.882 bits per heavy atom. The number of hydrogen-bond donors (Lipinski definition) is 1. The number of rotatable bonds is 5. The summed E-state index contributed by atoms with van der Waals surface area (Å²) in [7, 11) is 1.66. The zero-order valence-electron chi connectivity index (χ0n) is 19.1. The summed E-state index contributed by atoms with van der Waals surface area (Å²) in [6.45, 7) is 0. The molecule has 6 rings (SSSR count). The minimum Gasteiger partial charge on any atom is -0.497 e. The van der Waals surface area contributed by atoms with Crippen molar-refractivity contribution in [2.45, 2.75) is 38.1 Å². The Labute approximate surface area is 197 Å². The van der Waals surface area contributed by atoms with E-state index in [1.165, 1.54) is 19.3 Å². The van der Waals surface area contributed by atoms with Crippen LogP contribution in [0.15, 0.2) is 66.9 Å². The monoisotopic (exact) mass is 450 g/mol.